The summed E-state index contributed by atoms with van der Waals surface area (Å²) in [5.74, 6) is 1.79. The monoisotopic (exact) mass is 408 g/mol. The average Bonchev–Trinajstić information content (AvgIpc) is 2.66. The van der Waals surface area contributed by atoms with Crippen LogP contribution < -0.4 is 0 Å². The van der Waals surface area contributed by atoms with Crippen LogP contribution >= 0.6 is 11.6 Å². The number of hydrogen-bond acceptors (Lipinski definition) is 2. The topological polar surface area (TPSA) is 57.5 Å². The van der Waals surface area contributed by atoms with Crippen molar-refractivity contribution in [3.8, 4) is 16.9 Å². The first-order valence-corrected chi connectivity index (χ1v) is 10.8. The van der Waals surface area contributed by atoms with Crippen molar-refractivity contribution >= 4 is 23.6 Å². The van der Waals surface area contributed by atoms with Crippen molar-refractivity contribution in [2.45, 2.75) is 43.9 Å². The number of aliphatic carboxylic acids is 1. The maximum Gasteiger partial charge on any atom is 0.328 e. The lowest BCUT2D eigenvalue weighted by atomic mass is 9.48. The van der Waals surface area contributed by atoms with Crippen LogP contribution in [0.5, 0.6) is 5.75 Å². The van der Waals surface area contributed by atoms with E-state index in [-0.39, 0.29) is 5.41 Å². The van der Waals surface area contributed by atoms with E-state index in [9.17, 15) is 9.90 Å². The molecule has 6 rings (SSSR count). The van der Waals surface area contributed by atoms with E-state index in [4.69, 9.17) is 16.7 Å². The first-order chi connectivity index (χ1) is 13.9. The molecular formula is C25H25ClO3. The van der Waals surface area contributed by atoms with Gasteiger partial charge in [0.05, 0.1) is 5.02 Å². The SMILES string of the molecule is O=C(O)/C=C/c1ccc(-c2cc(C34CC5CC(CC(C5)C3)C4)c(O)cc2Cl)cc1. The number of benzene rings is 2. The molecule has 150 valence electrons. The van der Waals surface area contributed by atoms with Crippen LogP contribution in [0.1, 0.15) is 49.7 Å². The molecule has 0 heterocycles. The van der Waals surface area contributed by atoms with Gasteiger partial charge in [0.15, 0.2) is 0 Å². The molecular weight excluding hydrogens is 384 g/mol. The number of aromatic hydroxyl groups is 1. The minimum Gasteiger partial charge on any atom is -0.508 e. The largest absolute Gasteiger partial charge is 0.508 e. The molecule has 0 unspecified atom stereocenters. The third-order valence-corrected chi connectivity index (χ3v) is 7.65. The Bertz CT molecular complexity index is 955. The molecule has 4 heteroatoms. The van der Waals surface area contributed by atoms with Crippen molar-refractivity contribution in [2.75, 3.05) is 0 Å². The van der Waals surface area contributed by atoms with E-state index in [1.807, 2.05) is 24.3 Å². The van der Waals surface area contributed by atoms with Gasteiger partial charge in [-0.1, -0.05) is 35.9 Å². The quantitative estimate of drug-likeness (QED) is 0.585. The second-order valence-electron chi connectivity index (χ2n) is 9.34. The molecule has 2 aromatic carbocycles. The maximum atomic E-state index is 10.8. The number of halogens is 1. The molecule has 0 amide bonds. The lowest BCUT2D eigenvalue weighted by molar-refractivity contribution is -0.131. The lowest BCUT2D eigenvalue weighted by Gasteiger charge is -2.57. The van der Waals surface area contributed by atoms with Crippen molar-refractivity contribution in [3.05, 3.63) is 58.6 Å². The number of carbonyl (C=O) groups is 1. The highest BCUT2D eigenvalue weighted by atomic mass is 35.5. The Kier molecular flexibility index (Phi) is 4.47. The van der Waals surface area contributed by atoms with Gasteiger partial charge in [-0.05, 0) is 91.0 Å². The first-order valence-electron chi connectivity index (χ1n) is 10.5. The van der Waals surface area contributed by atoms with E-state index in [0.717, 1.165) is 46.1 Å². The van der Waals surface area contributed by atoms with E-state index in [0.29, 0.717) is 10.8 Å². The van der Waals surface area contributed by atoms with Gasteiger partial charge in [-0.25, -0.2) is 4.79 Å². The van der Waals surface area contributed by atoms with Crippen LogP contribution in [0.4, 0.5) is 0 Å². The number of phenolic OH excluding ortho intramolecular Hbond substituents is 1. The minimum atomic E-state index is -0.962. The molecule has 0 atom stereocenters. The molecule has 0 radical (unpaired) electrons. The summed E-state index contributed by atoms with van der Waals surface area (Å²) < 4.78 is 0. The molecule has 4 aliphatic rings. The van der Waals surface area contributed by atoms with Gasteiger partial charge in [0.2, 0.25) is 0 Å². The van der Waals surface area contributed by atoms with Crippen LogP contribution in [0.15, 0.2) is 42.5 Å². The molecule has 0 aliphatic heterocycles. The fourth-order valence-corrected chi connectivity index (χ4v) is 6.86. The molecule has 4 aliphatic carbocycles. The molecule has 3 nitrogen and oxygen atoms in total. The molecule has 29 heavy (non-hydrogen) atoms. The van der Waals surface area contributed by atoms with Gasteiger partial charge in [-0.15, -0.1) is 0 Å². The summed E-state index contributed by atoms with van der Waals surface area (Å²) in [5.41, 5.74) is 3.91. The summed E-state index contributed by atoms with van der Waals surface area (Å²) in [7, 11) is 0. The Hall–Kier alpha value is -2.26. The zero-order valence-electron chi connectivity index (χ0n) is 16.3. The number of rotatable bonds is 4. The van der Waals surface area contributed by atoms with Gasteiger partial charge in [0.1, 0.15) is 5.75 Å². The molecule has 2 N–H and O–H groups in total. The maximum absolute atomic E-state index is 10.8. The highest BCUT2D eigenvalue weighted by Gasteiger charge is 2.52. The highest BCUT2D eigenvalue weighted by Crippen LogP contribution is 2.62. The van der Waals surface area contributed by atoms with E-state index >= 15 is 0 Å². The van der Waals surface area contributed by atoms with Crippen LogP contribution in [0.25, 0.3) is 17.2 Å². The van der Waals surface area contributed by atoms with Gasteiger partial charge < -0.3 is 10.2 Å². The van der Waals surface area contributed by atoms with Crippen LogP contribution in [-0.2, 0) is 10.2 Å². The molecule has 0 spiro atoms. The average molecular weight is 409 g/mol. The third kappa shape index (κ3) is 3.36. The summed E-state index contributed by atoms with van der Waals surface area (Å²) in [6.45, 7) is 0. The van der Waals surface area contributed by atoms with Gasteiger partial charge in [0, 0.05) is 17.2 Å². The van der Waals surface area contributed by atoms with Gasteiger partial charge in [0.25, 0.3) is 0 Å². The standard InChI is InChI=1S/C25H25ClO3/c26-22-11-23(27)21(25-12-16-7-17(13-25)9-18(8-16)14-25)10-20(22)19-4-1-15(2-5-19)3-6-24(28)29/h1-6,10-11,16-18,27H,7-9,12-14H2,(H,28,29)/b6-3+. The molecule has 4 bridgehead atoms. The Morgan fingerprint density at radius 1 is 1.00 bits per heavy atom. The van der Waals surface area contributed by atoms with Crippen LogP contribution in [0.2, 0.25) is 5.02 Å². The minimum absolute atomic E-state index is 0.0995. The van der Waals surface area contributed by atoms with Gasteiger partial charge in [-0.3, -0.25) is 0 Å². The third-order valence-electron chi connectivity index (χ3n) is 7.34. The van der Waals surface area contributed by atoms with Crippen LogP contribution in [-0.4, -0.2) is 16.2 Å². The van der Waals surface area contributed by atoms with Gasteiger partial charge >= 0.3 is 5.97 Å². The number of carboxylic acids is 1. The number of carboxylic acid groups (broad SMARTS) is 1. The van der Waals surface area contributed by atoms with Crippen molar-refractivity contribution in [1.82, 2.24) is 0 Å². The van der Waals surface area contributed by atoms with Crippen molar-refractivity contribution in [1.29, 1.82) is 0 Å². The Morgan fingerprint density at radius 3 is 2.14 bits per heavy atom. The smallest absolute Gasteiger partial charge is 0.328 e. The number of hydrogen-bond donors (Lipinski definition) is 2. The van der Waals surface area contributed by atoms with Crippen LogP contribution in [0.3, 0.4) is 0 Å². The van der Waals surface area contributed by atoms with E-state index in [2.05, 4.69) is 6.07 Å². The zero-order valence-corrected chi connectivity index (χ0v) is 17.0. The Morgan fingerprint density at radius 2 is 1.59 bits per heavy atom. The van der Waals surface area contributed by atoms with Crippen LogP contribution in [0, 0.1) is 17.8 Å². The van der Waals surface area contributed by atoms with Crippen molar-refractivity contribution < 1.29 is 15.0 Å². The Labute approximate surface area is 176 Å². The first kappa shape index (κ1) is 18.7. The molecule has 0 saturated heterocycles. The van der Waals surface area contributed by atoms with Crippen molar-refractivity contribution in [2.24, 2.45) is 17.8 Å². The lowest BCUT2D eigenvalue weighted by Crippen LogP contribution is -2.48. The normalized spacial score (nSPS) is 30.2. The summed E-state index contributed by atoms with van der Waals surface area (Å²) >= 11 is 6.53. The molecule has 4 saturated carbocycles. The molecule has 4 fully saturated rings. The summed E-state index contributed by atoms with van der Waals surface area (Å²) in [5, 5.41) is 20.2. The second kappa shape index (κ2) is 6.91. The van der Waals surface area contributed by atoms with Crippen molar-refractivity contribution in [3.63, 3.8) is 0 Å². The fourth-order valence-electron chi connectivity index (χ4n) is 6.59. The predicted molar refractivity (Wildman–Crippen MR) is 115 cm³/mol. The van der Waals surface area contributed by atoms with E-state index in [1.165, 1.54) is 38.5 Å². The molecule has 2 aromatic rings. The predicted octanol–water partition coefficient (Wildman–Crippen LogP) is 6.28. The van der Waals surface area contributed by atoms with Gasteiger partial charge in [-0.2, -0.15) is 0 Å². The van der Waals surface area contributed by atoms with E-state index in [1.54, 1.807) is 12.1 Å². The van der Waals surface area contributed by atoms with E-state index < -0.39 is 5.97 Å². The summed E-state index contributed by atoms with van der Waals surface area (Å²) in [6, 6.07) is 11.5. The summed E-state index contributed by atoms with van der Waals surface area (Å²) in [4.78, 5) is 10.7. The Balaban J connectivity index is 1.52. The fraction of sp³-hybridized carbons (Fsp3) is 0.400. The summed E-state index contributed by atoms with van der Waals surface area (Å²) in [6.07, 6.45) is 10.4. The highest BCUT2D eigenvalue weighted by molar-refractivity contribution is 6.33. The number of phenols is 1. The second-order valence-corrected chi connectivity index (χ2v) is 9.75. The zero-order chi connectivity index (χ0) is 20.2. The molecule has 0 aromatic heterocycles.